The molecule has 35 heavy (non-hydrogen) atoms. The first-order valence-electron chi connectivity index (χ1n) is 11.6. The number of halogens is 1. The van der Waals surface area contributed by atoms with Crippen molar-refractivity contribution in [1.29, 1.82) is 0 Å². The molecule has 0 saturated carbocycles. The topological polar surface area (TPSA) is 59.1 Å². The van der Waals surface area contributed by atoms with Crippen molar-refractivity contribution >= 4 is 23.2 Å². The van der Waals surface area contributed by atoms with E-state index in [9.17, 15) is 14.0 Å². The molecule has 3 aromatic rings. The summed E-state index contributed by atoms with van der Waals surface area (Å²) in [5, 5.41) is 2.03. The standard InChI is InChI=1S/C27H29FN2O4S/c1-18(2)30(27(32)19-6-4-7-20(28)14-19)16-26(31)29-12-10-25-23(11-13-35-25)24(29)17-34-22-9-5-8-21(15-22)33-3/h4-9,11,13-15,18,24H,10,12,16-17H2,1-3H3. The number of rotatable bonds is 8. The Bertz CT molecular complexity index is 1200. The molecule has 0 saturated heterocycles. The monoisotopic (exact) mass is 496 g/mol. The molecule has 0 spiro atoms. The van der Waals surface area contributed by atoms with Crippen LogP contribution in [0.1, 0.15) is 40.7 Å². The van der Waals surface area contributed by atoms with E-state index in [0.29, 0.717) is 18.0 Å². The van der Waals surface area contributed by atoms with Crippen LogP contribution in [0.3, 0.4) is 0 Å². The highest BCUT2D eigenvalue weighted by atomic mass is 32.1. The van der Waals surface area contributed by atoms with Crippen LogP contribution in [0.15, 0.2) is 60.0 Å². The van der Waals surface area contributed by atoms with E-state index in [0.717, 1.165) is 12.0 Å². The van der Waals surface area contributed by atoms with E-state index < -0.39 is 5.82 Å². The van der Waals surface area contributed by atoms with Crippen LogP contribution in [0.25, 0.3) is 0 Å². The molecular weight excluding hydrogens is 467 g/mol. The molecule has 4 rings (SSSR count). The van der Waals surface area contributed by atoms with E-state index in [4.69, 9.17) is 9.47 Å². The summed E-state index contributed by atoms with van der Waals surface area (Å²) in [4.78, 5) is 31.2. The lowest BCUT2D eigenvalue weighted by atomic mass is 10.00. The summed E-state index contributed by atoms with van der Waals surface area (Å²) in [5.41, 5.74) is 1.30. The molecule has 2 heterocycles. The van der Waals surface area contributed by atoms with Crippen LogP contribution in [0, 0.1) is 5.82 Å². The second-order valence-electron chi connectivity index (χ2n) is 8.68. The fourth-order valence-corrected chi connectivity index (χ4v) is 5.18. The van der Waals surface area contributed by atoms with E-state index in [1.807, 2.05) is 49.6 Å². The minimum absolute atomic E-state index is 0.0951. The minimum Gasteiger partial charge on any atom is -0.497 e. The first-order chi connectivity index (χ1) is 16.9. The second-order valence-corrected chi connectivity index (χ2v) is 9.68. The average molecular weight is 497 g/mol. The molecule has 1 unspecified atom stereocenters. The quantitative estimate of drug-likeness (QED) is 0.443. The number of carbonyl (C=O) groups is 2. The Hall–Kier alpha value is -3.39. The number of thiophene rings is 1. The number of carbonyl (C=O) groups excluding carboxylic acids is 2. The van der Waals surface area contributed by atoms with Crippen molar-refractivity contribution in [2.24, 2.45) is 0 Å². The summed E-state index contributed by atoms with van der Waals surface area (Å²) < 4.78 is 25.1. The van der Waals surface area contributed by atoms with Gasteiger partial charge in [0.15, 0.2) is 0 Å². The number of hydrogen-bond donors (Lipinski definition) is 0. The van der Waals surface area contributed by atoms with Crippen molar-refractivity contribution in [1.82, 2.24) is 9.80 Å². The number of methoxy groups -OCH3 is 1. The summed E-state index contributed by atoms with van der Waals surface area (Å²) in [6, 6.07) is 14.4. The third kappa shape index (κ3) is 5.65. The smallest absolute Gasteiger partial charge is 0.254 e. The number of nitrogens with zero attached hydrogens (tertiary/aromatic N) is 2. The van der Waals surface area contributed by atoms with Crippen LogP contribution in [0.4, 0.5) is 4.39 Å². The minimum atomic E-state index is -0.485. The zero-order valence-electron chi connectivity index (χ0n) is 20.1. The van der Waals surface area contributed by atoms with Crippen LogP contribution in [-0.4, -0.2) is 54.5 Å². The molecule has 0 bridgehead atoms. The lowest BCUT2D eigenvalue weighted by Gasteiger charge is -2.37. The van der Waals surface area contributed by atoms with Crippen LogP contribution in [0.5, 0.6) is 11.5 Å². The van der Waals surface area contributed by atoms with E-state index in [2.05, 4.69) is 0 Å². The van der Waals surface area contributed by atoms with Gasteiger partial charge in [-0.2, -0.15) is 0 Å². The third-order valence-electron chi connectivity index (χ3n) is 6.13. The Morgan fingerprint density at radius 3 is 2.66 bits per heavy atom. The van der Waals surface area contributed by atoms with Crippen LogP contribution in [-0.2, 0) is 11.2 Å². The summed E-state index contributed by atoms with van der Waals surface area (Å²) in [7, 11) is 1.60. The second kappa shape index (κ2) is 10.9. The van der Waals surface area contributed by atoms with Crippen molar-refractivity contribution in [3.05, 3.63) is 81.8 Å². The van der Waals surface area contributed by atoms with Gasteiger partial charge in [-0.25, -0.2) is 4.39 Å². The molecule has 1 aliphatic rings. The van der Waals surface area contributed by atoms with Crippen molar-refractivity contribution in [3.63, 3.8) is 0 Å². The molecule has 1 atom stereocenters. The fraction of sp³-hybridized carbons (Fsp3) is 0.333. The zero-order valence-corrected chi connectivity index (χ0v) is 20.9. The first kappa shape index (κ1) is 24.7. The Kier molecular flexibility index (Phi) is 7.70. The molecule has 0 fully saturated rings. The van der Waals surface area contributed by atoms with Gasteiger partial charge in [0.2, 0.25) is 5.91 Å². The number of benzene rings is 2. The molecule has 1 aromatic heterocycles. The number of fused-ring (bicyclic) bond motifs is 1. The van der Waals surface area contributed by atoms with Gasteiger partial charge in [-0.3, -0.25) is 9.59 Å². The Balaban J connectivity index is 1.53. The molecule has 8 heteroatoms. The molecule has 0 radical (unpaired) electrons. The van der Waals surface area contributed by atoms with Crippen molar-refractivity contribution < 1.29 is 23.5 Å². The van der Waals surface area contributed by atoms with Gasteiger partial charge in [-0.15, -0.1) is 11.3 Å². The first-order valence-corrected chi connectivity index (χ1v) is 12.4. The maximum atomic E-state index is 13.7. The predicted molar refractivity (Wildman–Crippen MR) is 134 cm³/mol. The van der Waals surface area contributed by atoms with Gasteiger partial charge >= 0.3 is 0 Å². The lowest BCUT2D eigenvalue weighted by Crippen LogP contribution is -2.49. The number of amides is 2. The molecular formula is C27H29FN2O4S. The molecule has 6 nitrogen and oxygen atoms in total. The predicted octanol–water partition coefficient (Wildman–Crippen LogP) is 4.95. The third-order valence-corrected chi connectivity index (χ3v) is 7.12. The maximum absolute atomic E-state index is 13.7. The normalized spacial score (nSPS) is 15.0. The Morgan fingerprint density at radius 1 is 1.14 bits per heavy atom. The molecule has 184 valence electrons. The van der Waals surface area contributed by atoms with Gasteiger partial charge in [0, 0.05) is 29.1 Å². The van der Waals surface area contributed by atoms with Gasteiger partial charge in [-0.05, 0) is 67.6 Å². The molecule has 1 aliphatic heterocycles. The molecule has 2 amide bonds. The van der Waals surface area contributed by atoms with Gasteiger partial charge in [0.05, 0.1) is 13.2 Å². The summed E-state index contributed by atoms with van der Waals surface area (Å²) in [5.74, 6) is 0.328. The van der Waals surface area contributed by atoms with Gasteiger partial charge < -0.3 is 19.3 Å². The van der Waals surface area contributed by atoms with Gasteiger partial charge in [0.1, 0.15) is 30.5 Å². The molecule has 0 N–H and O–H groups in total. The summed E-state index contributed by atoms with van der Waals surface area (Å²) in [6.45, 7) is 4.42. The van der Waals surface area contributed by atoms with Gasteiger partial charge in [-0.1, -0.05) is 12.1 Å². The number of ether oxygens (including phenoxy) is 2. The fourth-order valence-electron chi connectivity index (χ4n) is 4.25. The van der Waals surface area contributed by atoms with Crippen molar-refractivity contribution in [3.8, 4) is 11.5 Å². The molecule has 0 aliphatic carbocycles. The van der Waals surface area contributed by atoms with Crippen LogP contribution in [0.2, 0.25) is 0 Å². The summed E-state index contributed by atoms with van der Waals surface area (Å²) in [6.07, 6.45) is 0.758. The lowest BCUT2D eigenvalue weighted by molar-refractivity contribution is -0.136. The summed E-state index contributed by atoms with van der Waals surface area (Å²) >= 11 is 1.68. The van der Waals surface area contributed by atoms with E-state index in [-0.39, 0.29) is 42.6 Å². The van der Waals surface area contributed by atoms with E-state index >= 15 is 0 Å². The highest BCUT2D eigenvalue weighted by Crippen LogP contribution is 2.34. The maximum Gasteiger partial charge on any atom is 0.254 e. The average Bonchev–Trinajstić information content (AvgIpc) is 3.34. The number of hydrogen-bond acceptors (Lipinski definition) is 5. The van der Waals surface area contributed by atoms with Crippen molar-refractivity contribution in [2.45, 2.75) is 32.4 Å². The largest absolute Gasteiger partial charge is 0.497 e. The Morgan fingerprint density at radius 2 is 1.91 bits per heavy atom. The Labute approximate surface area is 208 Å². The van der Waals surface area contributed by atoms with E-state index in [1.54, 1.807) is 29.4 Å². The van der Waals surface area contributed by atoms with Crippen LogP contribution >= 0.6 is 11.3 Å². The van der Waals surface area contributed by atoms with Crippen molar-refractivity contribution in [2.75, 3.05) is 26.8 Å². The van der Waals surface area contributed by atoms with Crippen LogP contribution < -0.4 is 9.47 Å². The molecule has 2 aromatic carbocycles. The zero-order chi connectivity index (χ0) is 24.9. The SMILES string of the molecule is COc1cccc(OCC2c3ccsc3CCN2C(=O)CN(C(=O)c2cccc(F)c2)C(C)C)c1. The highest BCUT2D eigenvalue weighted by molar-refractivity contribution is 7.10. The highest BCUT2D eigenvalue weighted by Gasteiger charge is 2.34. The van der Waals surface area contributed by atoms with E-state index in [1.165, 1.54) is 28.0 Å². The van der Waals surface area contributed by atoms with Gasteiger partial charge in [0.25, 0.3) is 5.91 Å².